The summed E-state index contributed by atoms with van der Waals surface area (Å²) < 4.78 is 0. The Labute approximate surface area is 158 Å². The third-order valence-corrected chi connectivity index (χ3v) is 5.68. The molecular formula is C17H11Cl2N3O2S. The number of nitrogens with one attached hydrogen (secondary N) is 1. The molecule has 8 heteroatoms. The van der Waals surface area contributed by atoms with Crippen molar-refractivity contribution < 1.29 is 9.59 Å². The van der Waals surface area contributed by atoms with E-state index in [1.807, 2.05) is 18.2 Å². The van der Waals surface area contributed by atoms with Gasteiger partial charge in [-0.3, -0.25) is 9.59 Å². The van der Waals surface area contributed by atoms with Crippen LogP contribution in [0.3, 0.4) is 0 Å². The van der Waals surface area contributed by atoms with E-state index in [-0.39, 0.29) is 28.7 Å². The van der Waals surface area contributed by atoms with Gasteiger partial charge in [0.15, 0.2) is 5.71 Å². The molecule has 5 nitrogen and oxygen atoms in total. The van der Waals surface area contributed by atoms with Gasteiger partial charge < -0.3 is 5.32 Å². The number of amides is 2. The van der Waals surface area contributed by atoms with Crippen LogP contribution in [0.5, 0.6) is 0 Å². The Hall–Kier alpha value is -2.02. The fourth-order valence-corrected chi connectivity index (χ4v) is 4.35. The van der Waals surface area contributed by atoms with E-state index >= 15 is 0 Å². The Bertz CT molecular complexity index is 932. The second-order valence-electron chi connectivity index (χ2n) is 5.52. The predicted octanol–water partition coefficient (Wildman–Crippen LogP) is 3.92. The first-order valence-corrected chi connectivity index (χ1v) is 9.23. The Balaban J connectivity index is 1.77. The number of hydrogen-bond donors (Lipinski definition) is 1. The van der Waals surface area contributed by atoms with Crippen molar-refractivity contribution in [3.8, 4) is 0 Å². The van der Waals surface area contributed by atoms with E-state index in [0.717, 1.165) is 5.56 Å². The van der Waals surface area contributed by atoms with Gasteiger partial charge in [0.2, 0.25) is 0 Å². The number of carbonyl (C=O) groups excluding carboxylic acids is 2. The summed E-state index contributed by atoms with van der Waals surface area (Å²) in [6, 6.07) is 12.4. The summed E-state index contributed by atoms with van der Waals surface area (Å²) >= 11 is 13.7. The maximum atomic E-state index is 12.3. The lowest BCUT2D eigenvalue weighted by molar-refractivity contribution is -0.128. The van der Waals surface area contributed by atoms with Gasteiger partial charge in [0.25, 0.3) is 11.8 Å². The molecule has 126 valence electrons. The molecule has 0 saturated carbocycles. The van der Waals surface area contributed by atoms with Crippen LogP contribution in [-0.4, -0.2) is 28.3 Å². The average Bonchev–Trinajstić information content (AvgIpc) is 3.09. The molecule has 2 heterocycles. The van der Waals surface area contributed by atoms with E-state index in [1.165, 1.54) is 16.8 Å². The van der Waals surface area contributed by atoms with Crippen molar-refractivity contribution in [2.75, 3.05) is 11.1 Å². The normalized spacial score (nSPS) is 21.0. The highest BCUT2D eigenvalue weighted by atomic mass is 35.5. The maximum Gasteiger partial charge on any atom is 0.276 e. The third-order valence-electron chi connectivity index (χ3n) is 3.92. The molecule has 1 unspecified atom stereocenters. The highest BCUT2D eigenvalue weighted by Gasteiger charge is 2.36. The smallest absolute Gasteiger partial charge is 0.276 e. The predicted molar refractivity (Wildman–Crippen MR) is 100 cm³/mol. The topological polar surface area (TPSA) is 61.8 Å². The zero-order valence-electron chi connectivity index (χ0n) is 12.7. The van der Waals surface area contributed by atoms with Crippen molar-refractivity contribution in [1.82, 2.24) is 5.01 Å². The van der Waals surface area contributed by atoms with Gasteiger partial charge >= 0.3 is 0 Å². The summed E-state index contributed by atoms with van der Waals surface area (Å²) in [7, 11) is 0. The quantitative estimate of drug-likeness (QED) is 0.843. The van der Waals surface area contributed by atoms with Crippen LogP contribution < -0.4 is 5.32 Å². The van der Waals surface area contributed by atoms with E-state index in [9.17, 15) is 9.59 Å². The summed E-state index contributed by atoms with van der Waals surface area (Å²) in [5.74, 6) is -0.262. The zero-order valence-corrected chi connectivity index (χ0v) is 15.0. The molecular weight excluding hydrogens is 381 g/mol. The molecule has 0 radical (unpaired) electrons. The summed E-state index contributed by atoms with van der Waals surface area (Å²) in [5, 5.41) is 9.11. The number of fused-ring (bicyclic) bond motifs is 1. The van der Waals surface area contributed by atoms with Crippen LogP contribution in [0.2, 0.25) is 10.0 Å². The molecule has 2 aliphatic heterocycles. The van der Waals surface area contributed by atoms with Gasteiger partial charge in [-0.2, -0.15) is 5.10 Å². The molecule has 1 fully saturated rings. The van der Waals surface area contributed by atoms with Crippen LogP contribution >= 0.6 is 35.0 Å². The minimum Gasteiger partial charge on any atom is -0.320 e. The van der Waals surface area contributed by atoms with E-state index in [2.05, 4.69) is 10.4 Å². The standard InChI is InChI=1S/C17H11Cl2N3O2S/c18-9-5-6-13-11(7-9)15(16(24)20-13)21-22-14(23)8-25-17(22)10-3-1-2-4-12(10)19/h1-7,17H,8H2,(H,20,21,24). The van der Waals surface area contributed by atoms with Crippen LogP contribution in [-0.2, 0) is 9.59 Å². The molecule has 2 aromatic rings. The lowest BCUT2D eigenvalue weighted by Crippen LogP contribution is -2.27. The highest BCUT2D eigenvalue weighted by molar-refractivity contribution is 8.00. The Kier molecular flexibility index (Phi) is 4.19. The van der Waals surface area contributed by atoms with Crippen LogP contribution in [0.4, 0.5) is 5.69 Å². The van der Waals surface area contributed by atoms with E-state index < -0.39 is 0 Å². The largest absolute Gasteiger partial charge is 0.320 e. The average molecular weight is 392 g/mol. The van der Waals surface area contributed by atoms with Crippen molar-refractivity contribution in [2.24, 2.45) is 5.10 Å². The van der Waals surface area contributed by atoms with Gasteiger partial charge in [-0.05, 0) is 24.3 Å². The number of rotatable bonds is 2. The molecule has 1 N–H and O–H groups in total. The van der Waals surface area contributed by atoms with Crippen LogP contribution in [0, 0.1) is 0 Å². The highest BCUT2D eigenvalue weighted by Crippen LogP contribution is 2.42. The first kappa shape index (κ1) is 16.4. The number of hydrogen-bond acceptors (Lipinski definition) is 4. The Morgan fingerprint density at radius 3 is 2.76 bits per heavy atom. The summed E-state index contributed by atoms with van der Waals surface area (Å²) in [4.78, 5) is 24.6. The monoisotopic (exact) mass is 391 g/mol. The van der Waals surface area contributed by atoms with Gasteiger partial charge in [-0.1, -0.05) is 41.4 Å². The number of nitrogens with zero attached hydrogens (tertiary/aromatic N) is 2. The fraction of sp³-hybridized carbons (Fsp3) is 0.118. The number of halogens is 2. The van der Waals surface area contributed by atoms with Gasteiger partial charge in [0.05, 0.1) is 11.4 Å². The summed E-state index contributed by atoms with van der Waals surface area (Å²) in [6.45, 7) is 0. The lowest BCUT2D eigenvalue weighted by Gasteiger charge is -2.20. The first-order valence-electron chi connectivity index (χ1n) is 7.42. The molecule has 0 aromatic heterocycles. The number of hydrazone groups is 1. The number of anilines is 1. The van der Waals surface area contributed by atoms with Crippen molar-refractivity contribution in [3.63, 3.8) is 0 Å². The molecule has 25 heavy (non-hydrogen) atoms. The van der Waals surface area contributed by atoms with Gasteiger partial charge in [-0.15, -0.1) is 11.8 Å². The third kappa shape index (κ3) is 2.90. The SMILES string of the molecule is O=C1Nc2ccc(Cl)cc2/C1=N/N1C(=O)CSC1c1ccccc1Cl. The molecule has 0 spiro atoms. The van der Waals surface area contributed by atoms with Crippen LogP contribution in [0.15, 0.2) is 47.6 Å². The first-order chi connectivity index (χ1) is 12.0. The molecule has 2 aromatic carbocycles. The molecule has 2 aliphatic rings. The lowest BCUT2D eigenvalue weighted by atomic mass is 10.1. The fourth-order valence-electron chi connectivity index (χ4n) is 2.76. The molecule has 4 rings (SSSR count). The van der Waals surface area contributed by atoms with E-state index in [0.29, 0.717) is 21.3 Å². The summed E-state index contributed by atoms with van der Waals surface area (Å²) in [6.07, 6.45) is 0. The molecule has 1 saturated heterocycles. The Morgan fingerprint density at radius 1 is 1.16 bits per heavy atom. The Morgan fingerprint density at radius 2 is 1.96 bits per heavy atom. The second-order valence-corrected chi connectivity index (χ2v) is 7.43. The summed E-state index contributed by atoms with van der Waals surface area (Å²) in [5.41, 5.74) is 2.17. The van der Waals surface area contributed by atoms with Crippen molar-refractivity contribution in [2.45, 2.75) is 5.37 Å². The van der Waals surface area contributed by atoms with Gasteiger partial charge in [-0.25, -0.2) is 5.01 Å². The number of benzene rings is 2. The number of carbonyl (C=O) groups is 2. The van der Waals surface area contributed by atoms with E-state index in [1.54, 1.807) is 24.3 Å². The zero-order chi connectivity index (χ0) is 17.6. The molecule has 0 aliphatic carbocycles. The number of thioether (sulfide) groups is 1. The maximum absolute atomic E-state index is 12.3. The minimum absolute atomic E-state index is 0.172. The van der Waals surface area contributed by atoms with Crippen molar-refractivity contribution >= 4 is 58.2 Å². The second kappa shape index (κ2) is 6.37. The minimum atomic E-state index is -0.371. The van der Waals surface area contributed by atoms with Gasteiger partial charge in [0.1, 0.15) is 5.37 Å². The van der Waals surface area contributed by atoms with Gasteiger partial charge in [0, 0.05) is 21.2 Å². The van der Waals surface area contributed by atoms with Crippen molar-refractivity contribution in [3.05, 3.63) is 63.6 Å². The molecule has 1 atom stereocenters. The van der Waals surface area contributed by atoms with E-state index in [4.69, 9.17) is 23.2 Å². The van der Waals surface area contributed by atoms with Crippen molar-refractivity contribution in [1.29, 1.82) is 0 Å². The molecule has 2 amide bonds. The molecule has 0 bridgehead atoms. The van der Waals surface area contributed by atoms with Crippen LogP contribution in [0.25, 0.3) is 0 Å². The van der Waals surface area contributed by atoms with Crippen LogP contribution in [0.1, 0.15) is 16.5 Å².